The van der Waals surface area contributed by atoms with Crippen molar-refractivity contribution < 1.29 is 9.53 Å². The van der Waals surface area contributed by atoms with E-state index in [2.05, 4.69) is 25.5 Å². The van der Waals surface area contributed by atoms with Crippen molar-refractivity contribution >= 4 is 28.9 Å². The molecule has 1 saturated heterocycles. The number of rotatable bonds is 5. The van der Waals surface area contributed by atoms with Crippen molar-refractivity contribution in [2.24, 2.45) is 0 Å². The highest BCUT2D eigenvalue weighted by Gasteiger charge is 2.15. The summed E-state index contributed by atoms with van der Waals surface area (Å²) < 4.78 is 5.37. The SMILES string of the molecule is O=C(Nc1cc(N2CCOCC2)ncn1)c1ccccc1Nc1ccccc1. The van der Waals surface area contributed by atoms with Crippen LogP contribution < -0.4 is 15.5 Å². The molecule has 28 heavy (non-hydrogen) atoms. The van der Waals surface area contributed by atoms with Crippen LogP contribution in [0.4, 0.5) is 23.0 Å². The molecule has 4 rings (SSSR count). The molecule has 1 aromatic heterocycles. The molecule has 0 saturated carbocycles. The zero-order valence-corrected chi connectivity index (χ0v) is 15.3. The third-order valence-electron chi connectivity index (χ3n) is 4.45. The maximum absolute atomic E-state index is 12.9. The lowest BCUT2D eigenvalue weighted by molar-refractivity contribution is 0.102. The van der Waals surface area contributed by atoms with Crippen LogP contribution in [0.1, 0.15) is 10.4 Å². The minimum atomic E-state index is -0.231. The lowest BCUT2D eigenvalue weighted by Crippen LogP contribution is -2.36. The van der Waals surface area contributed by atoms with Crippen LogP contribution in [0.2, 0.25) is 0 Å². The highest BCUT2D eigenvalue weighted by atomic mass is 16.5. The molecular formula is C21H21N5O2. The van der Waals surface area contributed by atoms with Crippen molar-refractivity contribution in [1.82, 2.24) is 9.97 Å². The number of hydrogen-bond donors (Lipinski definition) is 2. The summed E-state index contributed by atoms with van der Waals surface area (Å²) in [6.07, 6.45) is 1.47. The van der Waals surface area contributed by atoms with Crippen LogP contribution in [0.25, 0.3) is 0 Å². The molecule has 1 fully saturated rings. The van der Waals surface area contributed by atoms with Crippen molar-refractivity contribution in [3.63, 3.8) is 0 Å². The summed E-state index contributed by atoms with van der Waals surface area (Å²) in [6, 6.07) is 18.9. The van der Waals surface area contributed by atoms with Crippen molar-refractivity contribution in [2.45, 2.75) is 0 Å². The topological polar surface area (TPSA) is 79.4 Å². The van der Waals surface area contributed by atoms with E-state index in [1.165, 1.54) is 6.33 Å². The Hall–Kier alpha value is -3.45. The van der Waals surface area contributed by atoms with Gasteiger partial charge in [-0.3, -0.25) is 4.79 Å². The van der Waals surface area contributed by atoms with Crippen LogP contribution in [-0.4, -0.2) is 42.2 Å². The molecular weight excluding hydrogens is 354 g/mol. The van der Waals surface area contributed by atoms with Gasteiger partial charge in [-0.25, -0.2) is 9.97 Å². The van der Waals surface area contributed by atoms with Crippen LogP contribution in [0.5, 0.6) is 0 Å². The monoisotopic (exact) mass is 375 g/mol. The van der Waals surface area contributed by atoms with Crippen LogP contribution in [-0.2, 0) is 4.74 Å². The minimum absolute atomic E-state index is 0.231. The lowest BCUT2D eigenvalue weighted by Gasteiger charge is -2.27. The third-order valence-corrected chi connectivity index (χ3v) is 4.45. The van der Waals surface area contributed by atoms with Gasteiger partial charge < -0.3 is 20.3 Å². The highest BCUT2D eigenvalue weighted by Crippen LogP contribution is 2.22. The van der Waals surface area contributed by atoms with E-state index < -0.39 is 0 Å². The maximum Gasteiger partial charge on any atom is 0.258 e. The smallest absolute Gasteiger partial charge is 0.258 e. The lowest BCUT2D eigenvalue weighted by atomic mass is 10.1. The van der Waals surface area contributed by atoms with Crippen molar-refractivity contribution in [3.8, 4) is 0 Å². The highest BCUT2D eigenvalue weighted by molar-refractivity contribution is 6.08. The molecule has 0 unspecified atom stereocenters. The number of para-hydroxylation sites is 2. The zero-order valence-electron chi connectivity index (χ0n) is 15.3. The fraction of sp³-hybridized carbons (Fsp3) is 0.190. The van der Waals surface area contributed by atoms with Gasteiger partial charge in [0.15, 0.2) is 0 Å². The van der Waals surface area contributed by atoms with Crippen LogP contribution in [0.3, 0.4) is 0 Å². The van der Waals surface area contributed by atoms with Gasteiger partial charge in [-0.2, -0.15) is 0 Å². The Morgan fingerprint density at radius 1 is 0.964 bits per heavy atom. The number of carbonyl (C=O) groups excluding carboxylic acids is 1. The van der Waals surface area contributed by atoms with E-state index in [1.54, 1.807) is 12.1 Å². The molecule has 1 aliphatic heterocycles. The maximum atomic E-state index is 12.9. The number of benzene rings is 2. The molecule has 2 heterocycles. The molecule has 1 aliphatic rings. The predicted molar refractivity (Wildman–Crippen MR) is 109 cm³/mol. The Morgan fingerprint density at radius 3 is 2.54 bits per heavy atom. The molecule has 2 aromatic carbocycles. The number of anilines is 4. The molecule has 3 aromatic rings. The van der Waals surface area contributed by atoms with Gasteiger partial charge >= 0.3 is 0 Å². The first kappa shape index (κ1) is 17.9. The summed E-state index contributed by atoms with van der Waals surface area (Å²) in [6.45, 7) is 2.89. The zero-order chi connectivity index (χ0) is 19.2. The van der Waals surface area contributed by atoms with E-state index in [4.69, 9.17) is 4.74 Å². The number of aromatic nitrogens is 2. The summed E-state index contributed by atoms with van der Waals surface area (Å²) in [4.78, 5) is 23.5. The first-order chi connectivity index (χ1) is 13.8. The summed E-state index contributed by atoms with van der Waals surface area (Å²) in [7, 11) is 0. The van der Waals surface area contributed by atoms with E-state index in [0.717, 1.165) is 30.3 Å². The van der Waals surface area contributed by atoms with E-state index in [1.807, 2.05) is 48.5 Å². The molecule has 2 N–H and O–H groups in total. The molecule has 7 heteroatoms. The van der Waals surface area contributed by atoms with Crippen molar-refractivity contribution in [1.29, 1.82) is 0 Å². The number of nitrogens with one attached hydrogen (secondary N) is 2. The quantitative estimate of drug-likeness (QED) is 0.712. The van der Waals surface area contributed by atoms with Gasteiger partial charge in [0, 0.05) is 24.8 Å². The fourth-order valence-corrected chi connectivity index (χ4v) is 3.03. The van der Waals surface area contributed by atoms with Gasteiger partial charge in [0.25, 0.3) is 5.91 Å². The second kappa shape index (κ2) is 8.49. The summed E-state index contributed by atoms with van der Waals surface area (Å²) in [5.41, 5.74) is 2.19. The molecule has 142 valence electrons. The van der Waals surface area contributed by atoms with Gasteiger partial charge in [-0.05, 0) is 24.3 Å². The number of carbonyl (C=O) groups is 1. The summed E-state index contributed by atoms with van der Waals surface area (Å²) in [5.74, 6) is 1.02. The van der Waals surface area contributed by atoms with E-state index >= 15 is 0 Å². The van der Waals surface area contributed by atoms with Crippen LogP contribution in [0, 0.1) is 0 Å². The standard InChI is InChI=1S/C21H21N5O2/c27-21(17-8-4-5-9-18(17)24-16-6-2-1-3-7-16)25-19-14-20(23-15-22-19)26-10-12-28-13-11-26/h1-9,14-15,24H,10-13H2,(H,22,23,25,27). The molecule has 0 spiro atoms. The fourth-order valence-electron chi connectivity index (χ4n) is 3.03. The molecule has 0 aliphatic carbocycles. The van der Waals surface area contributed by atoms with E-state index in [0.29, 0.717) is 24.6 Å². The average Bonchev–Trinajstić information content (AvgIpc) is 2.76. The van der Waals surface area contributed by atoms with Crippen LogP contribution in [0.15, 0.2) is 67.0 Å². The normalized spacial score (nSPS) is 13.8. The van der Waals surface area contributed by atoms with Gasteiger partial charge in [0.05, 0.1) is 24.5 Å². The molecule has 7 nitrogen and oxygen atoms in total. The number of ether oxygens (including phenoxy) is 1. The van der Waals surface area contributed by atoms with Crippen molar-refractivity contribution in [2.75, 3.05) is 41.8 Å². The van der Waals surface area contributed by atoms with Gasteiger partial charge in [-0.15, -0.1) is 0 Å². The van der Waals surface area contributed by atoms with Gasteiger partial charge in [0.1, 0.15) is 18.0 Å². The second-order valence-electron chi connectivity index (χ2n) is 6.35. The Balaban J connectivity index is 1.51. The molecule has 0 atom stereocenters. The molecule has 0 radical (unpaired) electrons. The van der Waals surface area contributed by atoms with E-state index in [-0.39, 0.29) is 5.91 Å². The minimum Gasteiger partial charge on any atom is -0.378 e. The Kier molecular flexibility index (Phi) is 5.44. The Bertz CT molecular complexity index is 942. The summed E-state index contributed by atoms with van der Waals surface area (Å²) in [5, 5.41) is 6.16. The first-order valence-electron chi connectivity index (χ1n) is 9.17. The number of nitrogens with zero attached hydrogens (tertiary/aromatic N) is 3. The van der Waals surface area contributed by atoms with Crippen molar-refractivity contribution in [3.05, 3.63) is 72.6 Å². The Morgan fingerprint density at radius 2 is 1.71 bits per heavy atom. The van der Waals surface area contributed by atoms with E-state index in [9.17, 15) is 4.79 Å². The van der Waals surface area contributed by atoms with Gasteiger partial charge in [0.2, 0.25) is 0 Å². The third kappa shape index (κ3) is 4.27. The first-order valence-corrected chi connectivity index (χ1v) is 9.17. The van der Waals surface area contributed by atoms with Crippen LogP contribution >= 0.6 is 0 Å². The number of hydrogen-bond acceptors (Lipinski definition) is 6. The average molecular weight is 375 g/mol. The molecule has 0 bridgehead atoms. The summed E-state index contributed by atoms with van der Waals surface area (Å²) >= 11 is 0. The molecule has 1 amide bonds. The Labute approximate surface area is 163 Å². The second-order valence-corrected chi connectivity index (χ2v) is 6.35. The number of morpholine rings is 1. The van der Waals surface area contributed by atoms with Gasteiger partial charge in [-0.1, -0.05) is 30.3 Å². The number of amides is 1. The predicted octanol–water partition coefficient (Wildman–Crippen LogP) is 3.31. The largest absolute Gasteiger partial charge is 0.378 e.